The van der Waals surface area contributed by atoms with Gasteiger partial charge < -0.3 is 19.9 Å². The van der Waals surface area contributed by atoms with Crippen LogP contribution in [0.5, 0.6) is 0 Å². The monoisotopic (exact) mass is 602 g/mol. The SMILES string of the molecule is CC(C)Cc1c(F)cnc2c1N=C(Cn1c(Cl)ccc(NC(=O)[C@H](CC/C=C/C(=O)N(C)C)OC(=O)N(C)C)c1=O)C2. The first-order valence-electron chi connectivity index (χ1n) is 13.5. The first-order chi connectivity index (χ1) is 19.8. The first-order valence-corrected chi connectivity index (χ1v) is 13.8. The van der Waals surface area contributed by atoms with E-state index in [-0.39, 0.29) is 42.1 Å². The normalized spacial score (nSPS) is 13.1. The molecule has 0 bridgehead atoms. The van der Waals surface area contributed by atoms with Gasteiger partial charge in [-0.25, -0.2) is 9.18 Å². The van der Waals surface area contributed by atoms with Gasteiger partial charge in [0.15, 0.2) is 6.10 Å². The summed E-state index contributed by atoms with van der Waals surface area (Å²) in [6.07, 6.45) is 3.31. The van der Waals surface area contributed by atoms with Crippen molar-refractivity contribution in [2.75, 3.05) is 33.5 Å². The molecular formula is C29H36ClFN6O5. The van der Waals surface area contributed by atoms with Crippen LogP contribution < -0.4 is 10.9 Å². The highest BCUT2D eigenvalue weighted by molar-refractivity contribution is 6.29. The van der Waals surface area contributed by atoms with E-state index >= 15 is 0 Å². The van der Waals surface area contributed by atoms with Crippen LogP contribution >= 0.6 is 11.6 Å². The van der Waals surface area contributed by atoms with Gasteiger partial charge in [0.05, 0.1) is 24.1 Å². The van der Waals surface area contributed by atoms with Gasteiger partial charge in [-0.05, 0) is 43.4 Å². The van der Waals surface area contributed by atoms with Gasteiger partial charge >= 0.3 is 6.09 Å². The van der Waals surface area contributed by atoms with Gasteiger partial charge in [0.1, 0.15) is 16.7 Å². The number of hydrogen-bond donors (Lipinski definition) is 1. The van der Waals surface area contributed by atoms with Gasteiger partial charge in [0.25, 0.3) is 11.5 Å². The van der Waals surface area contributed by atoms with Crippen LogP contribution in [0.25, 0.3) is 0 Å². The Kier molecular flexibility index (Phi) is 11.0. The van der Waals surface area contributed by atoms with Gasteiger partial charge in [-0.15, -0.1) is 0 Å². The molecule has 0 aromatic carbocycles. The smallest absolute Gasteiger partial charge is 0.410 e. The highest BCUT2D eigenvalue weighted by Crippen LogP contribution is 2.33. The van der Waals surface area contributed by atoms with Gasteiger partial charge in [-0.3, -0.25) is 28.9 Å². The number of carbonyl (C=O) groups excluding carboxylic acids is 3. The number of rotatable bonds is 11. The van der Waals surface area contributed by atoms with Crippen LogP contribution in [0.15, 0.2) is 40.3 Å². The number of likely N-dealkylation sites (N-methyl/N-ethyl adjacent to an activating group) is 1. The molecule has 0 unspecified atom stereocenters. The summed E-state index contributed by atoms with van der Waals surface area (Å²) < 4.78 is 21.1. The minimum absolute atomic E-state index is 0.00418. The second kappa shape index (κ2) is 14.2. The third kappa shape index (κ3) is 8.25. The number of allylic oxidation sites excluding steroid dienone is 1. The number of aromatic nitrogens is 2. The Morgan fingerprint density at radius 1 is 1.19 bits per heavy atom. The molecule has 0 saturated heterocycles. The molecule has 2 aromatic rings. The number of carbonyl (C=O) groups is 3. The summed E-state index contributed by atoms with van der Waals surface area (Å²) in [5.74, 6) is -1.15. The van der Waals surface area contributed by atoms with Gasteiger partial charge in [0, 0.05) is 45.9 Å². The summed E-state index contributed by atoms with van der Waals surface area (Å²) in [6.45, 7) is 3.98. The van der Waals surface area contributed by atoms with Crippen LogP contribution in [-0.2, 0) is 33.7 Å². The van der Waals surface area contributed by atoms with E-state index in [4.69, 9.17) is 16.3 Å². The molecule has 0 radical (unpaired) electrons. The number of hydrogen-bond acceptors (Lipinski definition) is 7. The van der Waals surface area contributed by atoms with Crippen molar-refractivity contribution in [2.24, 2.45) is 10.9 Å². The Morgan fingerprint density at radius 2 is 1.90 bits per heavy atom. The molecule has 42 heavy (non-hydrogen) atoms. The maximum atomic E-state index is 14.5. The molecule has 2 aromatic heterocycles. The van der Waals surface area contributed by atoms with E-state index in [2.05, 4.69) is 15.3 Å². The molecule has 3 rings (SSSR count). The van der Waals surface area contributed by atoms with Crippen LogP contribution in [0.4, 0.5) is 20.6 Å². The number of pyridine rings is 2. The summed E-state index contributed by atoms with van der Waals surface area (Å²) in [5, 5.41) is 2.66. The van der Waals surface area contributed by atoms with Crippen LogP contribution in [0.1, 0.15) is 37.9 Å². The van der Waals surface area contributed by atoms with Crippen LogP contribution in [0.3, 0.4) is 0 Å². The van der Waals surface area contributed by atoms with Crippen molar-refractivity contribution in [3.8, 4) is 0 Å². The highest BCUT2D eigenvalue weighted by atomic mass is 35.5. The van der Waals surface area contributed by atoms with E-state index in [1.54, 1.807) is 20.2 Å². The average molecular weight is 603 g/mol. The molecule has 1 atom stereocenters. The van der Waals surface area contributed by atoms with Gasteiger partial charge in [0.2, 0.25) is 5.91 Å². The van der Waals surface area contributed by atoms with Crippen molar-refractivity contribution in [1.82, 2.24) is 19.4 Å². The van der Waals surface area contributed by atoms with E-state index in [1.165, 1.54) is 52.9 Å². The van der Waals surface area contributed by atoms with Crippen molar-refractivity contribution >= 4 is 46.6 Å². The van der Waals surface area contributed by atoms with Crippen molar-refractivity contribution in [1.29, 1.82) is 0 Å². The van der Waals surface area contributed by atoms with E-state index < -0.39 is 29.5 Å². The lowest BCUT2D eigenvalue weighted by molar-refractivity contribution is -0.125. The lowest BCUT2D eigenvalue weighted by atomic mass is 10.0. The summed E-state index contributed by atoms with van der Waals surface area (Å²) in [4.78, 5) is 61.9. The molecular weight excluding hydrogens is 567 g/mol. The zero-order valence-corrected chi connectivity index (χ0v) is 25.4. The topological polar surface area (TPSA) is 126 Å². The molecule has 0 fully saturated rings. The second-order valence-corrected chi connectivity index (χ2v) is 11.1. The number of halogens is 2. The molecule has 1 N–H and O–H groups in total. The molecule has 11 nitrogen and oxygen atoms in total. The Morgan fingerprint density at radius 3 is 2.55 bits per heavy atom. The lowest BCUT2D eigenvalue weighted by Gasteiger charge is -2.20. The molecule has 0 saturated carbocycles. The van der Waals surface area contributed by atoms with Gasteiger partial charge in [-0.2, -0.15) is 0 Å². The largest absolute Gasteiger partial charge is 0.436 e. The van der Waals surface area contributed by atoms with Crippen molar-refractivity contribution in [3.63, 3.8) is 0 Å². The third-order valence-corrected chi connectivity index (χ3v) is 6.68. The fourth-order valence-corrected chi connectivity index (χ4v) is 4.35. The number of ether oxygens (including phenoxy) is 1. The second-order valence-electron chi connectivity index (χ2n) is 10.8. The van der Waals surface area contributed by atoms with Crippen molar-refractivity contribution < 1.29 is 23.5 Å². The van der Waals surface area contributed by atoms with Crippen LogP contribution in [-0.4, -0.2) is 77.3 Å². The summed E-state index contributed by atoms with van der Waals surface area (Å²) in [5.41, 5.74) is 1.50. The molecule has 1 aliphatic rings. The average Bonchev–Trinajstić information content (AvgIpc) is 3.34. The number of nitrogens with one attached hydrogen (secondary N) is 1. The first kappa shape index (κ1) is 32.5. The predicted octanol–water partition coefficient (Wildman–Crippen LogP) is 3.99. The zero-order valence-electron chi connectivity index (χ0n) is 24.6. The molecule has 3 amide bonds. The predicted molar refractivity (Wildman–Crippen MR) is 159 cm³/mol. The fraction of sp³-hybridized carbons (Fsp3) is 0.448. The Balaban J connectivity index is 1.80. The maximum absolute atomic E-state index is 14.5. The van der Waals surface area contributed by atoms with Crippen molar-refractivity contribution in [3.05, 3.63) is 63.1 Å². The number of anilines is 1. The van der Waals surface area contributed by atoms with Crippen LogP contribution in [0, 0.1) is 11.7 Å². The fourth-order valence-electron chi connectivity index (χ4n) is 4.15. The Labute approximate surface area is 249 Å². The molecule has 226 valence electrons. The molecule has 1 aliphatic heterocycles. The van der Waals surface area contributed by atoms with E-state index in [0.717, 1.165) is 0 Å². The molecule has 13 heteroatoms. The summed E-state index contributed by atoms with van der Waals surface area (Å²) in [7, 11) is 6.17. The molecule has 0 spiro atoms. The number of fused-ring (bicyclic) bond motifs is 1. The minimum Gasteiger partial charge on any atom is -0.436 e. The van der Waals surface area contributed by atoms with Crippen molar-refractivity contribution in [2.45, 2.75) is 52.2 Å². The quantitative estimate of drug-likeness (QED) is 0.306. The summed E-state index contributed by atoms with van der Waals surface area (Å²) in [6, 6.07) is 2.82. The Bertz CT molecular complexity index is 1470. The van der Waals surface area contributed by atoms with E-state index in [0.29, 0.717) is 35.5 Å². The summed E-state index contributed by atoms with van der Waals surface area (Å²) >= 11 is 6.36. The van der Waals surface area contributed by atoms with E-state index in [1.807, 2.05) is 13.8 Å². The third-order valence-electron chi connectivity index (χ3n) is 6.35. The standard InChI is InChI=1S/C29H36ClFN6O5/c1-17(2)13-19-20(31)15-32-22-14-18(33-26(19)22)16-37-24(30)12-11-21(28(37)40)34-27(39)23(42-29(41)36(5)6)9-7-8-10-25(38)35(3)4/h8,10-12,15,17,23H,7,9,13-14,16H2,1-6H3,(H,34,39)/b10-8+/t23-/m0/s1. The Hall–Kier alpha value is -4.06. The van der Waals surface area contributed by atoms with Crippen LogP contribution in [0.2, 0.25) is 5.15 Å². The number of aliphatic imine (C=N–C) groups is 1. The minimum atomic E-state index is -1.24. The molecule has 3 heterocycles. The zero-order chi connectivity index (χ0) is 31.1. The highest BCUT2D eigenvalue weighted by Gasteiger charge is 2.26. The van der Waals surface area contributed by atoms with Gasteiger partial charge in [-0.1, -0.05) is 31.5 Å². The maximum Gasteiger partial charge on any atom is 0.410 e. The molecule has 0 aliphatic carbocycles. The number of nitrogens with zero attached hydrogens (tertiary/aromatic N) is 5. The van der Waals surface area contributed by atoms with E-state index in [9.17, 15) is 23.6 Å². The number of amides is 3. The lowest BCUT2D eigenvalue weighted by Crippen LogP contribution is -2.38.